The van der Waals surface area contributed by atoms with Crippen LogP contribution in [0.1, 0.15) is 28.7 Å². The zero-order valence-corrected chi connectivity index (χ0v) is 15.6. The topological polar surface area (TPSA) is 90.2 Å². The molecule has 1 fully saturated rings. The Labute approximate surface area is 162 Å². The lowest BCUT2D eigenvalue weighted by Crippen LogP contribution is -2.55. The fourth-order valence-corrected chi connectivity index (χ4v) is 5.21. The molecular weight excluding hydrogens is 364 g/mol. The van der Waals surface area contributed by atoms with E-state index >= 15 is 0 Å². The van der Waals surface area contributed by atoms with Crippen LogP contribution in [0.3, 0.4) is 0 Å². The van der Waals surface area contributed by atoms with Crippen LogP contribution in [0.5, 0.6) is 0 Å². The van der Waals surface area contributed by atoms with Crippen molar-refractivity contribution in [2.45, 2.75) is 47.8 Å². The van der Waals surface area contributed by atoms with E-state index in [0.29, 0.717) is 5.92 Å². The minimum Gasteiger partial charge on any atom is -0.394 e. The summed E-state index contributed by atoms with van der Waals surface area (Å²) in [7, 11) is 0. The Morgan fingerprint density at radius 3 is 2.59 bits per heavy atom. The number of ether oxygens (including phenoxy) is 1. The number of aliphatic hydroxyl groups is 4. The van der Waals surface area contributed by atoms with Crippen LogP contribution in [0.15, 0.2) is 53.4 Å². The van der Waals surface area contributed by atoms with E-state index < -0.39 is 37.1 Å². The molecular formula is C21H24O5S. The van der Waals surface area contributed by atoms with Crippen molar-refractivity contribution in [1.29, 1.82) is 0 Å². The monoisotopic (exact) mass is 388 g/mol. The summed E-state index contributed by atoms with van der Waals surface area (Å²) in [4.78, 5) is 1.34. The van der Waals surface area contributed by atoms with E-state index in [2.05, 4.69) is 30.3 Å². The van der Waals surface area contributed by atoms with Crippen molar-refractivity contribution in [2.24, 2.45) is 0 Å². The summed E-state index contributed by atoms with van der Waals surface area (Å²) in [5.74, 6) is 1.49. The second-order valence-electron chi connectivity index (χ2n) is 7.24. The van der Waals surface area contributed by atoms with Crippen molar-refractivity contribution >= 4 is 11.8 Å². The van der Waals surface area contributed by atoms with Gasteiger partial charge in [-0.15, -0.1) is 11.8 Å². The van der Waals surface area contributed by atoms with Gasteiger partial charge in [0.15, 0.2) is 0 Å². The molecule has 0 saturated carbocycles. The fourth-order valence-electron chi connectivity index (χ4n) is 3.96. The largest absolute Gasteiger partial charge is 0.394 e. The third kappa shape index (κ3) is 3.66. The highest BCUT2D eigenvalue weighted by molar-refractivity contribution is 7.99. The molecule has 3 unspecified atom stereocenters. The van der Waals surface area contributed by atoms with Crippen LogP contribution in [0.4, 0.5) is 0 Å². The summed E-state index contributed by atoms with van der Waals surface area (Å²) in [6.07, 6.45) is -4.74. The van der Waals surface area contributed by atoms with Gasteiger partial charge in [-0.2, -0.15) is 0 Å². The maximum absolute atomic E-state index is 10.4. The first-order chi connectivity index (χ1) is 13.1. The molecule has 2 aromatic rings. The maximum Gasteiger partial charge on any atom is 0.113 e. The lowest BCUT2D eigenvalue weighted by molar-refractivity contribution is -0.231. The van der Waals surface area contributed by atoms with E-state index in [0.717, 1.165) is 23.3 Å². The number of hydrogen-bond donors (Lipinski definition) is 4. The smallest absolute Gasteiger partial charge is 0.113 e. The lowest BCUT2D eigenvalue weighted by atomic mass is 9.89. The Balaban J connectivity index is 1.54. The van der Waals surface area contributed by atoms with Gasteiger partial charge in [0, 0.05) is 10.6 Å². The zero-order valence-electron chi connectivity index (χ0n) is 14.8. The Morgan fingerprint density at radius 1 is 0.963 bits per heavy atom. The Morgan fingerprint density at radius 2 is 1.78 bits per heavy atom. The van der Waals surface area contributed by atoms with Crippen LogP contribution in [0.25, 0.3) is 0 Å². The van der Waals surface area contributed by atoms with E-state index in [1.165, 1.54) is 10.5 Å². The molecule has 0 amide bonds. The van der Waals surface area contributed by atoms with Crippen molar-refractivity contribution < 1.29 is 25.2 Å². The summed E-state index contributed by atoms with van der Waals surface area (Å²) in [5, 5.41) is 39.8. The molecule has 2 heterocycles. The van der Waals surface area contributed by atoms with Crippen LogP contribution in [0.2, 0.25) is 0 Å². The number of rotatable bonds is 4. The fraction of sp³-hybridized carbons (Fsp3) is 0.429. The molecule has 5 nitrogen and oxygen atoms in total. The van der Waals surface area contributed by atoms with Gasteiger partial charge in [0.1, 0.15) is 30.5 Å². The summed E-state index contributed by atoms with van der Waals surface area (Å²) < 4.78 is 5.68. The molecule has 4 rings (SSSR count). The molecule has 2 aromatic carbocycles. The molecule has 0 aromatic heterocycles. The molecule has 6 atom stereocenters. The lowest BCUT2D eigenvalue weighted by Gasteiger charge is -2.40. The van der Waals surface area contributed by atoms with Crippen LogP contribution >= 0.6 is 11.8 Å². The Kier molecular flexibility index (Phi) is 5.55. The van der Waals surface area contributed by atoms with E-state index in [9.17, 15) is 20.4 Å². The third-order valence-corrected chi connectivity index (χ3v) is 6.70. The SMILES string of the molecule is OC[C@H]1OC(c2cccc(CC3CSc4ccccc43)c2)[C@H](O)C(O)[C@@H]1O. The Hall–Kier alpha value is -1.41. The first-order valence-electron chi connectivity index (χ1n) is 9.19. The van der Waals surface area contributed by atoms with Crippen LogP contribution in [-0.4, -0.2) is 57.2 Å². The molecule has 0 radical (unpaired) electrons. The van der Waals surface area contributed by atoms with Gasteiger partial charge in [-0.1, -0.05) is 42.5 Å². The third-order valence-electron chi connectivity index (χ3n) is 5.45. The highest BCUT2D eigenvalue weighted by Crippen LogP contribution is 2.41. The van der Waals surface area contributed by atoms with E-state index in [4.69, 9.17) is 4.74 Å². The molecule has 1 saturated heterocycles. The van der Waals surface area contributed by atoms with Crippen molar-refractivity contribution in [3.63, 3.8) is 0 Å². The van der Waals surface area contributed by atoms with E-state index in [-0.39, 0.29) is 0 Å². The molecule has 27 heavy (non-hydrogen) atoms. The molecule has 2 aliphatic heterocycles. The van der Waals surface area contributed by atoms with Gasteiger partial charge in [0.2, 0.25) is 0 Å². The van der Waals surface area contributed by atoms with Crippen molar-refractivity contribution in [3.05, 3.63) is 65.2 Å². The predicted molar refractivity (Wildman–Crippen MR) is 103 cm³/mol. The first kappa shape index (κ1) is 18.9. The summed E-state index contributed by atoms with van der Waals surface area (Å²) in [5.41, 5.74) is 3.25. The summed E-state index contributed by atoms with van der Waals surface area (Å²) in [6.45, 7) is -0.419. The molecule has 144 valence electrons. The second kappa shape index (κ2) is 7.91. The van der Waals surface area contributed by atoms with Crippen LogP contribution < -0.4 is 0 Å². The van der Waals surface area contributed by atoms with Crippen molar-refractivity contribution in [2.75, 3.05) is 12.4 Å². The van der Waals surface area contributed by atoms with Crippen LogP contribution in [-0.2, 0) is 11.2 Å². The van der Waals surface area contributed by atoms with Crippen molar-refractivity contribution in [3.8, 4) is 0 Å². The summed E-state index contributed by atoms with van der Waals surface area (Å²) >= 11 is 1.88. The quantitative estimate of drug-likeness (QED) is 0.637. The highest BCUT2D eigenvalue weighted by atomic mass is 32.2. The van der Waals surface area contributed by atoms with E-state index in [1.807, 2.05) is 30.0 Å². The highest BCUT2D eigenvalue weighted by Gasteiger charge is 2.43. The standard InChI is InChI=1S/C21H24O5S/c22-10-16-18(23)19(24)20(25)21(26-16)13-5-3-4-12(8-13)9-14-11-27-17-7-2-1-6-15(14)17/h1-8,14,16,18-25H,9-11H2/t14?,16-,18-,19?,20-,21?/m1/s1. The second-order valence-corrected chi connectivity index (χ2v) is 8.31. The molecule has 6 heteroatoms. The van der Waals surface area contributed by atoms with Gasteiger partial charge in [0.25, 0.3) is 0 Å². The van der Waals surface area contributed by atoms with Crippen LogP contribution in [0, 0.1) is 0 Å². The van der Waals surface area contributed by atoms with Gasteiger partial charge in [0.05, 0.1) is 6.61 Å². The molecule has 0 bridgehead atoms. The normalized spacial score (nSPS) is 33.0. The molecule has 0 aliphatic carbocycles. The van der Waals surface area contributed by atoms with Gasteiger partial charge < -0.3 is 25.2 Å². The average Bonchev–Trinajstić information content (AvgIpc) is 3.10. The minimum atomic E-state index is -1.36. The molecule has 0 spiro atoms. The van der Waals surface area contributed by atoms with E-state index in [1.54, 1.807) is 0 Å². The zero-order chi connectivity index (χ0) is 19.0. The van der Waals surface area contributed by atoms with Gasteiger partial charge in [-0.3, -0.25) is 0 Å². The minimum absolute atomic E-state index is 0.419. The number of thioether (sulfide) groups is 1. The average molecular weight is 388 g/mol. The number of hydrogen-bond acceptors (Lipinski definition) is 6. The van der Waals surface area contributed by atoms with Gasteiger partial charge >= 0.3 is 0 Å². The first-order valence-corrected chi connectivity index (χ1v) is 10.2. The van der Waals surface area contributed by atoms with Gasteiger partial charge in [-0.25, -0.2) is 0 Å². The number of fused-ring (bicyclic) bond motifs is 1. The molecule has 2 aliphatic rings. The Bertz CT molecular complexity index is 796. The summed E-state index contributed by atoms with van der Waals surface area (Å²) in [6, 6.07) is 16.3. The van der Waals surface area contributed by atoms with Gasteiger partial charge in [-0.05, 0) is 35.1 Å². The number of aliphatic hydroxyl groups excluding tert-OH is 4. The molecule has 4 N–H and O–H groups in total. The van der Waals surface area contributed by atoms with Crippen molar-refractivity contribution in [1.82, 2.24) is 0 Å². The predicted octanol–water partition coefficient (Wildman–Crippen LogP) is 1.63. The maximum atomic E-state index is 10.4. The number of benzene rings is 2.